The third-order valence-corrected chi connectivity index (χ3v) is 5.01. The van der Waals surface area contributed by atoms with E-state index in [4.69, 9.17) is 0 Å². The quantitative estimate of drug-likeness (QED) is 0.845. The average molecular weight is 278 g/mol. The van der Waals surface area contributed by atoms with Gasteiger partial charge in [0.2, 0.25) is 0 Å². The van der Waals surface area contributed by atoms with Gasteiger partial charge in [-0.3, -0.25) is 0 Å². The monoisotopic (exact) mass is 278 g/mol. The van der Waals surface area contributed by atoms with E-state index in [0.717, 1.165) is 21.9 Å². The van der Waals surface area contributed by atoms with Crippen LogP contribution in [0.15, 0.2) is 23.1 Å². The summed E-state index contributed by atoms with van der Waals surface area (Å²) in [6.45, 7) is 2.12. The highest BCUT2D eigenvalue weighted by Gasteiger charge is 2.16. The standard InChI is InChI=1S/C14H18N2S2/c1-2-18-14-5-3-4-13(12(14)10-15)16-11-6-8-17-9-7-11/h3-5,11,16H,2,6-9H2,1H3. The predicted molar refractivity (Wildman–Crippen MR) is 81.5 cm³/mol. The number of benzene rings is 1. The molecular formula is C14H18N2S2. The van der Waals surface area contributed by atoms with Crippen molar-refractivity contribution in [3.63, 3.8) is 0 Å². The molecule has 0 spiro atoms. The molecule has 0 radical (unpaired) electrons. The van der Waals surface area contributed by atoms with E-state index in [9.17, 15) is 5.26 Å². The Labute approximate surface area is 118 Å². The Bertz CT molecular complexity index is 434. The van der Waals surface area contributed by atoms with Gasteiger partial charge >= 0.3 is 0 Å². The third-order valence-electron chi connectivity index (χ3n) is 3.02. The first-order valence-corrected chi connectivity index (χ1v) is 8.49. The Morgan fingerprint density at radius 3 is 2.89 bits per heavy atom. The van der Waals surface area contributed by atoms with Crippen molar-refractivity contribution in [2.75, 3.05) is 22.6 Å². The molecule has 2 nitrogen and oxygen atoms in total. The number of rotatable bonds is 4. The van der Waals surface area contributed by atoms with Crippen LogP contribution < -0.4 is 5.32 Å². The SMILES string of the molecule is CCSc1cccc(NC2CCSCC2)c1C#N. The molecule has 18 heavy (non-hydrogen) atoms. The van der Waals surface area contributed by atoms with Crippen molar-refractivity contribution in [2.24, 2.45) is 0 Å². The zero-order valence-electron chi connectivity index (χ0n) is 10.6. The first kappa shape index (κ1) is 13.6. The second kappa shape index (κ2) is 6.96. The molecule has 1 N–H and O–H groups in total. The van der Waals surface area contributed by atoms with E-state index in [1.54, 1.807) is 11.8 Å². The van der Waals surface area contributed by atoms with Crippen LogP contribution in [0.5, 0.6) is 0 Å². The lowest BCUT2D eigenvalue weighted by Gasteiger charge is -2.24. The normalized spacial score (nSPS) is 16.2. The second-order valence-corrected chi connectivity index (χ2v) is 6.79. The molecule has 1 heterocycles. The van der Waals surface area contributed by atoms with E-state index in [0.29, 0.717) is 6.04 Å². The minimum Gasteiger partial charge on any atom is -0.381 e. The van der Waals surface area contributed by atoms with Crippen LogP contribution in [0.4, 0.5) is 5.69 Å². The highest BCUT2D eigenvalue weighted by molar-refractivity contribution is 7.99. The number of nitrogens with zero attached hydrogens (tertiary/aromatic N) is 1. The zero-order chi connectivity index (χ0) is 12.8. The number of anilines is 1. The van der Waals surface area contributed by atoms with Crippen molar-refractivity contribution in [3.05, 3.63) is 23.8 Å². The van der Waals surface area contributed by atoms with Crippen molar-refractivity contribution >= 4 is 29.2 Å². The lowest BCUT2D eigenvalue weighted by atomic mass is 10.1. The first-order chi connectivity index (χ1) is 8.85. The molecule has 96 valence electrons. The fraction of sp³-hybridized carbons (Fsp3) is 0.500. The second-order valence-electron chi connectivity index (χ2n) is 4.25. The number of nitrogens with one attached hydrogen (secondary N) is 1. The highest BCUT2D eigenvalue weighted by atomic mass is 32.2. The molecule has 1 aromatic rings. The third kappa shape index (κ3) is 3.37. The van der Waals surface area contributed by atoms with E-state index in [-0.39, 0.29) is 0 Å². The van der Waals surface area contributed by atoms with E-state index in [1.807, 2.05) is 30.0 Å². The predicted octanol–water partition coefficient (Wildman–Crippen LogP) is 3.98. The fourth-order valence-corrected chi connectivity index (χ4v) is 4.00. The van der Waals surface area contributed by atoms with Gasteiger partial charge in [-0.25, -0.2) is 0 Å². The van der Waals surface area contributed by atoms with Crippen LogP contribution in [0.1, 0.15) is 25.3 Å². The summed E-state index contributed by atoms with van der Waals surface area (Å²) in [7, 11) is 0. The Hall–Kier alpha value is -0.790. The van der Waals surface area contributed by atoms with Crippen LogP contribution in [-0.2, 0) is 0 Å². The lowest BCUT2D eigenvalue weighted by Crippen LogP contribution is -2.24. The molecule has 1 fully saturated rings. The van der Waals surface area contributed by atoms with Gasteiger partial charge in [-0.15, -0.1) is 11.8 Å². The summed E-state index contributed by atoms with van der Waals surface area (Å²) in [5, 5.41) is 12.9. The molecular weight excluding hydrogens is 260 g/mol. The average Bonchev–Trinajstić information content (AvgIpc) is 2.41. The van der Waals surface area contributed by atoms with Gasteiger partial charge in [-0.2, -0.15) is 17.0 Å². The maximum Gasteiger partial charge on any atom is 0.102 e. The van der Waals surface area contributed by atoms with Gasteiger partial charge in [0.15, 0.2) is 0 Å². The molecule has 1 saturated heterocycles. The van der Waals surface area contributed by atoms with Gasteiger partial charge in [-0.1, -0.05) is 13.0 Å². The van der Waals surface area contributed by atoms with Gasteiger partial charge in [0.05, 0.1) is 11.3 Å². The fourth-order valence-electron chi connectivity index (χ4n) is 2.10. The maximum absolute atomic E-state index is 9.35. The smallest absolute Gasteiger partial charge is 0.102 e. The molecule has 2 rings (SSSR count). The van der Waals surface area contributed by atoms with E-state index in [2.05, 4.69) is 18.3 Å². The Kier molecular flexibility index (Phi) is 5.27. The van der Waals surface area contributed by atoms with Crippen molar-refractivity contribution < 1.29 is 0 Å². The molecule has 0 saturated carbocycles. The summed E-state index contributed by atoms with van der Waals surface area (Å²) in [6, 6.07) is 8.98. The van der Waals surface area contributed by atoms with Gasteiger partial charge in [-0.05, 0) is 42.2 Å². The van der Waals surface area contributed by atoms with Gasteiger partial charge < -0.3 is 5.32 Å². The van der Waals surface area contributed by atoms with Crippen LogP contribution in [0.3, 0.4) is 0 Å². The van der Waals surface area contributed by atoms with Crippen LogP contribution in [0.2, 0.25) is 0 Å². The molecule has 0 aromatic heterocycles. The number of thioether (sulfide) groups is 2. The molecule has 1 aliphatic rings. The summed E-state index contributed by atoms with van der Waals surface area (Å²) in [5.41, 5.74) is 1.82. The minimum absolute atomic E-state index is 0.528. The molecule has 0 aliphatic carbocycles. The summed E-state index contributed by atoms with van der Waals surface area (Å²) >= 11 is 3.76. The van der Waals surface area contributed by atoms with Crippen LogP contribution in [0, 0.1) is 11.3 Å². The minimum atomic E-state index is 0.528. The summed E-state index contributed by atoms with van der Waals surface area (Å²) in [6.07, 6.45) is 2.39. The number of hydrogen-bond donors (Lipinski definition) is 1. The summed E-state index contributed by atoms with van der Waals surface area (Å²) < 4.78 is 0. The molecule has 1 aliphatic heterocycles. The highest BCUT2D eigenvalue weighted by Crippen LogP contribution is 2.29. The molecule has 0 bridgehead atoms. The maximum atomic E-state index is 9.35. The molecule has 0 amide bonds. The Morgan fingerprint density at radius 2 is 2.22 bits per heavy atom. The van der Waals surface area contributed by atoms with Crippen molar-refractivity contribution in [2.45, 2.75) is 30.7 Å². The van der Waals surface area contributed by atoms with Gasteiger partial charge in [0, 0.05) is 10.9 Å². The molecule has 4 heteroatoms. The number of nitriles is 1. The van der Waals surface area contributed by atoms with Crippen LogP contribution in [-0.4, -0.2) is 23.3 Å². The lowest BCUT2D eigenvalue weighted by molar-refractivity contribution is 0.666. The first-order valence-electron chi connectivity index (χ1n) is 6.35. The van der Waals surface area contributed by atoms with Crippen molar-refractivity contribution in [3.8, 4) is 6.07 Å². The van der Waals surface area contributed by atoms with E-state index >= 15 is 0 Å². The van der Waals surface area contributed by atoms with Crippen molar-refractivity contribution in [1.29, 1.82) is 5.26 Å². The molecule has 1 aromatic carbocycles. The summed E-state index contributed by atoms with van der Waals surface area (Å²) in [5.74, 6) is 3.45. The Balaban J connectivity index is 2.16. The van der Waals surface area contributed by atoms with Crippen LogP contribution >= 0.6 is 23.5 Å². The topological polar surface area (TPSA) is 35.8 Å². The summed E-state index contributed by atoms with van der Waals surface area (Å²) in [4.78, 5) is 1.09. The van der Waals surface area contributed by atoms with E-state index in [1.165, 1.54) is 24.3 Å². The molecule has 0 atom stereocenters. The number of hydrogen-bond acceptors (Lipinski definition) is 4. The van der Waals surface area contributed by atoms with Gasteiger partial charge in [0.25, 0.3) is 0 Å². The van der Waals surface area contributed by atoms with Crippen LogP contribution in [0.25, 0.3) is 0 Å². The van der Waals surface area contributed by atoms with Gasteiger partial charge in [0.1, 0.15) is 6.07 Å². The molecule has 0 unspecified atom stereocenters. The Morgan fingerprint density at radius 1 is 1.44 bits per heavy atom. The van der Waals surface area contributed by atoms with E-state index < -0.39 is 0 Å². The van der Waals surface area contributed by atoms with Crippen molar-refractivity contribution in [1.82, 2.24) is 0 Å². The zero-order valence-corrected chi connectivity index (χ0v) is 12.2. The largest absolute Gasteiger partial charge is 0.381 e.